The Labute approximate surface area is 129 Å². The fourth-order valence-electron chi connectivity index (χ4n) is 3.50. The molecule has 2 heteroatoms. The summed E-state index contributed by atoms with van der Waals surface area (Å²) in [6, 6.07) is 8.97. The number of halogens is 1. The molecule has 0 saturated heterocycles. The summed E-state index contributed by atoms with van der Waals surface area (Å²) in [5, 5.41) is 4.64. The van der Waals surface area contributed by atoms with Gasteiger partial charge in [-0.05, 0) is 61.8 Å². The van der Waals surface area contributed by atoms with Crippen molar-refractivity contribution in [2.24, 2.45) is 11.8 Å². The Hall–Kier alpha value is -0.530. The zero-order chi connectivity index (χ0) is 14.4. The third-order valence-corrected chi connectivity index (χ3v) is 4.96. The van der Waals surface area contributed by atoms with E-state index in [0.717, 1.165) is 29.8 Å². The molecule has 0 aliphatic heterocycles. The third-order valence-electron chi connectivity index (χ3n) is 4.73. The van der Waals surface area contributed by atoms with Gasteiger partial charge in [-0.2, -0.15) is 0 Å². The lowest BCUT2D eigenvalue weighted by atomic mass is 9.91. The monoisotopic (exact) mass is 293 g/mol. The minimum absolute atomic E-state index is 0.616. The van der Waals surface area contributed by atoms with Crippen molar-refractivity contribution in [3.8, 4) is 0 Å². The summed E-state index contributed by atoms with van der Waals surface area (Å²) in [5.41, 5.74) is 1.37. The second kappa shape index (κ2) is 8.05. The average molecular weight is 294 g/mol. The molecule has 2 rings (SSSR count). The molecule has 1 nitrogen and oxygen atoms in total. The highest BCUT2D eigenvalue weighted by atomic mass is 35.5. The van der Waals surface area contributed by atoms with Gasteiger partial charge in [-0.1, -0.05) is 50.4 Å². The molecule has 1 aromatic rings. The first-order valence-electron chi connectivity index (χ1n) is 8.20. The minimum Gasteiger partial charge on any atom is -0.313 e. The van der Waals surface area contributed by atoms with Crippen LogP contribution in [0.4, 0.5) is 0 Å². The fourth-order valence-corrected chi connectivity index (χ4v) is 3.72. The van der Waals surface area contributed by atoms with E-state index >= 15 is 0 Å². The molecule has 1 saturated carbocycles. The van der Waals surface area contributed by atoms with Crippen molar-refractivity contribution in [2.45, 2.75) is 58.4 Å². The Morgan fingerprint density at radius 1 is 1.30 bits per heavy atom. The van der Waals surface area contributed by atoms with Gasteiger partial charge in [0.25, 0.3) is 0 Å². The molecule has 1 N–H and O–H groups in total. The Balaban J connectivity index is 2.00. The van der Waals surface area contributed by atoms with E-state index in [9.17, 15) is 0 Å². The molecular weight excluding hydrogens is 266 g/mol. The van der Waals surface area contributed by atoms with Crippen LogP contribution in [0.15, 0.2) is 24.3 Å². The molecule has 1 aliphatic rings. The zero-order valence-electron chi connectivity index (χ0n) is 12.9. The first-order valence-corrected chi connectivity index (χ1v) is 8.58. The van der Waals surface area contributed by atoms with Crippen LogP contribution in [0.3, 0.4) is 0 Å². The molecule has 1 aromatic carbocycles. The lowest BCUT2D eigenvalue weighted by molar-refractivity contribution is 0.344. The number of nitrogens with one attached hydrogen (secondary N) is 1. The van der Waals surface area contributed by atoms with Crippen LogP contribution in [-0.4, -0.2) is 12.6 Å². The lowest BCUT2D eigenvalue weighted by Crippen LogP contribution is -2.37. The molecule has 1 aliphatic carbocycles. The summed E-state index contributed by atoms with van der Waals surface area (Å²) >= 11 is 6.12. The van der Waals surface area contributed by atoms with Crippen LogP contribution in [-0.2, 0) is 6.42 Å². The van der Waals surface area contributed by atoms with E-state index in [2.05, 4.69) is 37.4 Å². The van der Waals surface area contributed by atoms with Gasteiger partial charge < -0.3 is 5.32 Å². The minimum atomic E-state index is 0.616. The summed E-state index contributed by atoms with van der Waals surface area (Å²) < 4.78 is 0. The SMILES string of the molecule is CCCNC(Cc1cccc(Cl)c1)C1CCC(CC)C1. The van der Waals surface area contributed by atoms with E-state index in [0.29, 0.717) is 6.04 Å². The maximum Gasteiger partial charge on any atom is 0.0408 e. The Morgan fingerprint density at radius 3 is 2.80 bits per heavy atom. The van der Waals surface area contributed by atoms with Crippen LogP contribution in [0.1, 0.15) is 51.5 Å². The van der Waals surface area contributed by atoms with Gasteiger partial charge in [0.1, 0.15) is 0 Å². The number of hydrogen-bond acceptors (Lipinski definition) is 1. The van der Waals surface area contributed by atoms with E-state index in [1.165, 1.54) is 37.7 Å². The second-order valence-corrected chi connectivity index (χ2v) is 6.68. The molecule has 0 amide bonds. The molecular formula is C18H28ClN. The summed E-state index contributed by atoms with van der Waals surface area (Å²) in [7, 11) is 0. The van der Waals surface area contributed by atoms with Crippen LogP contribution in [0.2, 0.25) is 5.02 Å². The van der Waals surface area contributed by atoms with Crippen molar-refractivity contribution < 1.29 is 0 Å². The Bertz CT molecular complexity index is 404. The second-order valence-electron chi connectivity index (χ2n) is 6.24. The van der Waals surface area contributed by atoms with E-state index in [4.69, 9.17) is 11.6 Å². The summed E-state index contributed by atoms with van der Waals surface area (Å²) in [5.74, 6) is 1.79. The van der Waals surface area contributed by atoms with E-state index in [-0.39, 0.29) is 0 Å². The van der Waals surface area contributed by atoms with Crippen LogP contribution in [0, 0.1) is 11.8 Å². The number of hydrogen-bond donors (Lipinski definition) is 1. The molecule has 3 atom stereocenters. The van der Waals surface area contributed by atoms with Gasteiger partial charge in [-0.15, -0.1) is 0 Å². The van der Waals surface area contributed by atoms with E-state index < -0.39 is 0 Å². The van der Waals surface area contributed by atoms with Crippen molar-refractivity contribution in [2.75, 3.05) is 6.54 Å². The van der Waals surface area contributed by atoms with E-state index in [1.54, 1.807) is 0 Å². The molecule has 0 radical (unpaired) electrons. The normalized spacial score (nSPS) is 23.9. The van der Waals surface area contributed by atoms with E-state index in [1.807, 2.05) is 6.07 Å². The van der Waals surface area contributed by atoms with Crippen molar-refractivity contribution in [3.63, 3.8) is 0 Å². The van der Waals surface area contributed by atoms with Gasteiger partial charge in [0.2, 0.25) is 0 Å². The average Bonchev–Trinajstić information content (AvgIpc) is 2.92. The lowest BCUT2D eigenvalue weighted by Gasteiger charge is -2.25. The molecule has 1 fully saturated rings. The number of rotatable bonds is 7. The largest absolute Gasteiger partial charge is 0.313 e. The topological polar surface area (TPSA) is 12.0 Å². The van der Waals surface area contributed by atoms with Gasteiger partial charge in [-0.3, -0.25) is 0 Å². The van der Waals surface area contributed by atoms with Crippen LogP contribution in [0.25, 0.3) is 0 Å². The van der Waals surface area contributed by atoms with Crippen LogP contribution < -0.4 is 5.32 Å². The maximum atomic E-state index is 6.12. The van der Waals surface area contributed by atoms with Crippen molar-refractivity contribution in [1.82, 2.24) is 5.32 Å². The highest BCUT2D eigenvalue weighted by Gasteiger charge is 2.29. The molecule has 0 heterocycles. The fraction of sp³-hybridized carbons (Fsp3) is 0.667. The van der Waals surface area contributed by atoms with Crippen LogP contribution in [0.5, 0.6) is 0 Å². The van der Waals surface area contributed by atoms with Crippen LogP contribution >= 0.6 is 11.6 Å². The summed E-state index contributed by atoms with van der Waals surface area (Å²) in [6.45, 7) is 5.70. The first-order chi connectivity index (χ1) is 9.72. The molecule has 0 bridgehead atoms. The molecule has 0 aromatic heterocycles. The van der Waals surface area contributed by atoms with Gasteiger partial charge in [0.15, 0.2) is 0 Å². The summed E-state index contributed by atoms with van der Waals surface area (Å²) in [4.78, 5) is 0. The third kappa shape index (κ3) is 4.49. The van der Waals surface area contributed by atoms with Gasteiger partial charge in [0.05, 0.1) is 0 Å². The zero-order valence-corrected chi connectivity index (χ0v) is 13.6. The molecule has 0 spiro atoms. The molecule has 20 heavy (non-hydrogen) atoms. The maximum absolute atomic E-state index is 6.12. The van der Waals surface area contributed by atoms with Gasteiger partial charge in [-0.25, -0.2) is 0 Å². The predicted molar refractivity (Wildman–Crippen MR) is 88.4 cm³/mol. The smallest absolute Gasteiger partial charge is 0.0408 e. The predicted octanol–water partition coefficient (Wildman–Crippen LogP) is 5.08. The van der Waals surface area contributed by atoms with Gasteiger partial charge >= 0.3 is 0 Å². The van der Waals surface area contributed by atoms with Crippen molar-refractivity contribution >= 4 is 11.6 Å². The highest BCUT2D eigenvalue weighted by molar-refractivity contribution is 6.30. The quantitative estimate of drug-likeness (QED) is 0.739. The van der Waals surface area contributed by atoms with Crippen molar-refractivity contribution in [3.05, 3.63) is 34.9 Å². The Kier molecular flexibility index (Phi) is 6.38. The number of benzene rings is 1. The van der Waals surface area contributed by atoms with Crippen molar-refractivity contribution in [1.29, 1.82) is 0 Å². The molecule has 112 valence electrons. The highest BCUT2D eigenvalue weighted by Crippen LogP contribution is 2.35. The Morgan fingerprint density at radius 2 is 2.15 bits per heavy atom. The molecule has 3 unspecified atom stereocenters. The summed E-state index contributed by atoms with van der Waals surface area (Å²) in [6.07, 6.45) is 7.87. The first kappa shape index (κ1) is 15.9. The van der Waals surface area contributed by atoms with Gasteiger partial charge in [0, 0.05) is 11.1 Å². The standard InChI is InChI=1S/C18H28ClN/c1-3-10-20-18(16-9-8-14(4-2)11-16)13-15-6-5-7-17(19)12-15/h5-7,12,14,16,18,20H,3-4,8-11,13H2,1-2H3.